The van der Waals surface area contributed by atoms with Crippen LogP contribution in [-0.2, 0) is 44.0 Å². The molecule has 10 rings (SSSR count). The first-order valence-electron chi connectivity index (χ1n) is 21.2. The summed E-state index contributed by atoms with van der Waals surface area (Å²) in [6, 6.07) is 24.2. The Bertz CT molecular complexity index is 2490. The number of hydrogen-bond acceptors (Lipinski definition) is 16. The van der Waals surface area contributed by atoms with Crippen LogP contribution in [0.5, 0.6) is 23.3 Å². The number of nitrogens with zero attached hydrogens (tertiary/aromatic N) is 10. The Morgan fingerprint density at radius 1 is 0.651 bits per heavy atom. The summed E-state index contributed by atoms with van der Waals surface area (Å²) in [6.45, 7) is 10.9. The van der Waals surface area contributed by atoms with Crippen LogP contribution in [0.25, 0.3) is 0 Å². The zero-order chi connectivity index (χ0) is 43.7. The van der Waals surface area contributed by atoms with Gasteiger partial charge in [0.2, 0.25) is 5.82 Å². The fourth-order valence-electron chi connectivity index (χ4n) is 7.73. The second kappa shape index (κ2) is 20.0. The van der Waals surface area contributed by atoms with E-state index < -0.39 is 5.97 Å². The van der Waals surface area contributed by atoms with Crippen molar-refractivity contribution in [3.63, 3.8) is 0 Å². The fourth-order valence-corrected chi connectivity index (χ4v) is 7.73. The number of ether oxygens (including phenoxy) is 5. The van der Waals surface area contributed by atoms with Gasteiger partial charge in [0.25, 0.3) is 11.8 Å². The molecule has 4 aliphatic heterocycles. The van der Waals surface area contributed by atoms with Crippen molar-refractivity contribution in [2.24, 2.45) is 5.73 Å². The highest BCUT2D eigenvalue weighted by Crippen LogP contribution is 2.35. The van der Waals surface area contributed by atoms with Gasteiger partial charge < -0.3 is 38.6 Å². The Kier molecular flexibility index (Phi) is 13.6. The lowest BCUT2D eigenvalue weighted by atomic mass is 10.1. The van der Waals surface area contributed by atoms with Crippen molar-refractivity contribution in [1.82, 2.24) is 49.3 Å². The molecule has 18 nitrogen and oxygen atoms in total. The Morgan fingerprint density at radius 2 is 1.13 bits per heavy atom. The molecule has 63 heavy (non-hydrogen) atoms. The average Bonchev–Trinajstić information content (AvgIpc) is 3.97. The summed E-state index contributed by atoms with van der Waals surface area (Å²) in [5, 5.41) is 16.5. The Balaban J connectivity index is 0.000000166. The monoisotopic (exact) mass is 857 g/mol. The quantitative estimate of drug-likeness (QED) is 0.146. The molecule has 0 saturated heterocycles. The van der Waals surface area contributed by atoms with E-state index in [-0.39, 0.29) is 23.8 Å². The second-order valence-corrected chi connectivity index (χ2v) is 15.0. The van der Waals surface area contributed by atoms with Gasteiger partial charge in [-0.3, -0.25) is 14.6 Å². The molecule has 6 aromatic rings. The van der Waals surface area contributed by atoms with Gasteiger partial charge in [-0.1, -0.05) is 55.5 Å². The number of carbonyl (C=O) groups is 2. The Hall–Kier alpha value is -6.76. The minimum absolute atomic E-state index is 0.0459. The van der Waals surface area contributed by atoms with Gasteiger partial charge in [-0.05, 0) is 60.5 Å². The normalized spacial score (nSPS) is 17.5. The van der Waals surface area contributed by atoms with Crippen LogP contribution in [0.4, 0.5) is 0 Å². The van der Waals surface area contributed by atoms with Gasteiger partial charge in [0.05, 0.1) is 19.7 Å². The summed E-state index contributed by atoms with van der Waals surface area (Å²) >= 11 is 0. The largest absolute Gasteiger partial charge is 0.484 e. The van der Waals surface area contributed by atoms with Crippen LogP contribution in [0.15, 0.2) is 85.2 Å². The Labute approximate surface area is 364 Å². The molecule has 0 unspecified atom stereocenters. The van der Waals surface area contributed by atoms with Gasteiger partial charge in [-0.15, -0.1) is 20.4 Å². The number of hydrogen-bond donors (Lipinski definition) is 1. The lowest BCUT2D eigenvalue weighted by molar-refractivity contribution is 0.0501. The molecule has 18 heteroatoms. The van der Waals surface area contributed by atoms with E-state index in [9.17, 15) is 9.59 Å². The SMILES string of the molecule is CCC(=O)c1nnc2n1CCN(Cc1ccc([C@H]3COc4cccnc4O3)cc1)C2.CCOC(=O)c1nnc2n1CCN(Cc1ccc([C@H]3COc4cccnc4O3)cc1)C2.CN. The molecule has 0 radical (unpaired) electrons. The van der Waals surface area contributed by atoms with Crippen molar-refractivity contribution in [1.29, 1.82) is 0 Å². The predicted octanol–water partition coefficient (Wildman–Crippen LogP) is 4.75. The number of nitrogens with two attached hydrogens (primary N) is 1. The van der Waals surface area contributed by atoms with Gasteiger partial charge in [-0.25, -0.2) is 14.8 Å². The lowest BCUT2D eigenvalue weighted by Gasteiger charge is -2.28. The number of pyridine rings is 2. The topological polar surface area (TPSA) is 200 Å². The highest BCUT2D eigenvalue weighted by molar-refractivity contribution is 5.92. The van der Waals surface area contributed by atoms with Crippen molar-refractivity contribution >= 4 is 11.8 Å². The molecule has 0 fully saturated rings. The molecule has 328 valence electrons. The number of ketones is 1. The molecular formula is C45H51N11O7. The first-order valence-corrected chi connectivity index (χ1v) is 21.2. The maximum Gasteiger partial charge on any atom is 0.376 e. The first kappa shape index (κ1) is 42.9. The van der Waals surface area contributed by atoms with Crippen molar-refractivity contribution in [3.05, 3.63) is 131 Å². The number of benzene rings is 2. The minimum Gasteiger partial charge on any atom is -0.484 e. The van der Waals surface area contributed by atoms with Crippen LogP contribution in [0.1, 0.15) is 87.6 Å². The highest BCUT2D eigenvalue weighted by atomic mass is 16.6. The van der Waals surface area contributed by atoms with Gasteiger partial charge in [0.1, 0.15) is 24.9 Å². The number of aromatic nitrogens is 8. The van der Waals surface area contributed by atoms with E-state index in [0.717, 1.165) is 55.5 Å². The molecule has 0 bridgehead atoms. The molecule has 0 saturated carbocycles. The molecule has 0 spiro atoms. The summed E-state index contributed by atoms with van der Waals surface area (Å²) in [4.78, 5) is 37.1. The third kappa shape index (κ3) is 9.83. The summed E-state index contributed by atoms with van der Waals surface area (Å²) < 4.78 is 32.4. The second-order valence-electron chi connectivity index (χ2n) is 15.0. The smallest absolute Gasteiger partial charge is 0.376 e. The molecule has 4 aliphatic rings. The van der Waals surface area contributed by atoms with Crippen molar-refractivity contribution in [3.8, 4) is 23.3 Å². The predicted molar refractivity (Wildman–Crippen MR) is 228 cm³/mol. The number of fused-ring (bicyclic) bond motifs is 4. The van der Waals surface area contributed by atoms with E-state index in [1.54, 1.807) is 19.3 Å². The molecule has 2 aromatic carbocycles. The maximum atomic E-state index is 12.0. The van der Waals surface area contributed by atoms with E-state index in [1.807, 2.05) is 40.3 Å². The maximum absolute atomic E-state index is 12.0. The zero-order valence-electron chi connectivity index (χ0n) is 35.6. The number of esters is 1. The van der Waals surface area contributed by atoms with Gasteiger partial charge in [0, 0.05) is 58.1 Å². The van der Waals surface area contributed by atoms with Crippen LogP contribution in [0.2, 0.25) is 0 Å². The number of Topliss-reactive ketones (excluding diaryl/α,β-unsaturated/α-hetero) is 1. The van der Waals surface area contributed by atoms with E-state index >= 15 is 0 Å². The van der Waals surface area contributed by atoms with Crippen LogP contribution in [0, 0.1) is 0 Å². The van der Waals surface area contributed by atoms with Crippen LogP contribution in [0.3, 0.4) is 0 Å². The van der Waals surface area contributed by atoms with E-state index in [0.29, 0.717) is 75.0 Å². The molecule has 8 heterocycles. The Morgan fingerprint density at radius 3 is 1.60 bits per heavy atom. The van der Waals surface area contributed by atoms with Crippen molar-refractivity contribution in [2.45, 2.75) is 71.7 Å². The van der Waals surface area contributed by atoms with Crippen molar-refractivity contribution in [2.75, 3.05) is 40.0 Å². The molecule has 4 aromatic heterocycles. The van der Waals surface area contributed by atoms with Gasteiger partial charge >= 0.3 is 5.97 Å². The third-order valence-corrected chi connectivity index (χ3v) is 11.0. The van der Waals surface area contributed by atoms with E-state index in [1.165, 1.54) is 18.2 Å². The zero-order valence-corrected chi connectivity index (χ0v) is 35.6. The lowest BCUT2D eigenvalue weighted by Crippen LogP contribution is -2.34. The molecule has 2 N–H and O–H groups in total. The van der Waals surface area contributed by atoms with Crippen LogP contribution < -0.4 is 24.7 Å². The molecule has 0 aliphatic carbocycles. The summed E-state index contributed by atoms with van der Waals surface area (Å²) in [7, 11) is 1.50. The van der Waals surface area contributed by atoms with Gasteiger partial charge in [0.15, 0.2) is 35.3 Å². The standard InChI is InChI=1S/C22H23N5O4.C22H23N5O3.CH5N/c1-2-29-22(28)20-25-24-19-13-26(10-11-27(19)20)12-15-5-7-16(8-6-15)18-14-30-17-4-3-9-23-21(17)31-18;1-2-17(28)21-25-24-20-13-26(10-11-27(20)21)12-15-5-7-16(8-6-15)19-14-29-18-4-3-9-23-22(18)30-19;1-2/h3-9,18H,2,10-14H2,1H3;3-9,19H,2,10-14H2,1H3;2H2,1H3/t18-;19-;/m11./s1. The number of rotatable bonds is 10. The van der Waals surface area contributed by atoms with Crippen LogP contribution >= 0.6 is 0 Å². The molecular weight excluding hydrogens is 807 g/mol. The molecule has 2 atom stereocenters. The first-order chi connectivity index (χ1) is 30.9. The average molecular weight is 858 g/mol. The highest BCUT2D eigenvalue weighted by Gasteiger charge is 2.28. The third-order valence-electron chi connectivity index (χ3n) is 11.0. The van der Waals surface area contributed by atoms with Gasteiger partial charge in [-0.2, -0.15) is 0 Å². The van der Waals surface area contributed by atoms with E-state index in [2.05, 4.69) is 94.4 Å². The summed E-state index contributed by atoms with van der Waals surface area (Å²) in [5.74, 6) is 4.47. The minimum atomic E-state index is -0.419. The summed E-state index contributed by atoms with van der Waals surface area (Å²) in [5.41, 5.74) is 9.03. The van der Waals surface area contributed by atoms with Crippen LogP contribution in [-0.4, -0.2) is 101 Å². The van der Waals surface area contributed by atoms with E-state index in [4.69, 9.17) is 23.7 Å². The summed E-state index contributed by atoms with van der Waals surface area (Å²) in [6.07, 6.45) is 3.51. The number of carbonyl (C=O) groups excluding carboxylic acids is 2. The molecule has 0 amide bonds. The van der Waals surface area contributed by atoms with Crippen molar-refractivity contribution < 1.29 is 33.3 Å². The fraction of sp³-hybridized carbons (Fsp3) is 0.378.